The van der Waals surface area contributed by atoms with Crippen molar-refractivity contribution in [3.63, 3.8) is 0 Å². The van der Waals surface area contributed by atoms with Gasteiger partial charge in [0.15, 0.2) is 0 Å². The van der Waals surface area contributed by atoms with Crippen LogP contribution in [0.3, 0.4) is 0 Å². The minimum atomic E-state index is 0.372. The maximum absolute atomic E-state index is 5.63. The minimum absolute atomic E-state index is 0.372. The number of hydrogen-bond donors (Lipinski definition) is 1. The van der Waals surface area contributed by atoms with Crippen LogP contribution in [-0.2, 0) is 6.54 Å². The Morgan fingerprint density at radius 3 is 2.72 bits per heavy atom. The monoisotopic (exact) mass is 263 g/mol. The number of likely N-dealkylation sites (tertiary alicyclic amines) is 1. The summed E-state index contributed by atoms with van der Waals surface area (Å²) < 4.78 is 0. The molecule has 1 aromatic rings. The van der Waals surface area contributed by atoms with Gasteiger partial charge in [-0.05, 0) is 44.4 Å². The number of thiocarbonyl (C=S) groups is 1. The first kappa shape index (κ1) is 13.4. The van der Waals surface area contributed by atoms with E-state index in [4.69, 9.17) is 18.0 Å². The Labute approximate surface area is 114 Å². The molecule has 1 saturated heterocycles. The lowest BCUT2D eigenvalue weighted by Crippen LogP contribution is -2.43. The number of nitrogens with zero attached hydrogens (tertiary/aromatic N) is 2. The summed E-state index contributed by atoms with van der Waals surface area (Å²) in [5.41, 5.74) is 7.59. The summed E-state index contributed by atoms with van der Waals surface area (Å²) in [5, 5.41) is 0. The second kappa shape index (κ2) is 5.76. The van der Waals surface area contributed by atoms with Gasteiger partial charge in [-0.25, -0.2) is 0 Å². The second-order valence-corrected chi connectivity index (χ2v) is 5.65. The first-order valence-electron chi connectivity index (χ1n) is 6.58. The van der Waals surface area contributed by atoms with Gasteiger partial charge in [-0.2, -0.15) is 0 Å². The summed E-state index contributed by atoms with van der Waals surface area (Å²) in [7, 11) is 0. The summed E-state index contributed by atoms with van der Waals surface area (Å²) in [4.78, 5) is 7.11. The molecule has 1 aliphatic heterocycles. The summed E-state index contributed by atoms with van der Waals surface area (Å²) in [6.45, 7) is 5.58. The second-order valence-electron chi connectivity index (χ2n) is 5.21. The zero-order valence-electron chi connectivity index (χ0n) is 11.1. The fraction of sp³-hybridized carbons (Fsp3) is 0.571. The maximum Gasteiger partial charge on any atom is 0.122 e. The van der Waals surface area contributed by atoms with Gasteiger partial charge in [0.25, 0.3) is 0 Å². The van der Waals surface area contributed by atoms with Crippen LogP contribution < -0.4 is 5.73 Å². The summed E-state index contributed by atoms with van der Waals surface area (Å²) in [6, 6.07) is 5.36. The number of aromatic nitrogens is 1. The lowest BCUT2D eigenvalue weighted by molar-refractivity contribution is 0.0952. The molecule has 0 saturated carbocycles. The van der Waals surface area contributed by atoms with E-state index in [9.17, 15) is 0 Å². The van der Waals surface area contributed by atoms with E-state index in [0.29, 0.717) is 17.1 Å². The normalized spacial score (nSPS) is 25.0. The van der Waals surface area contributed by atoms with Gasteiger partial charge in [0, 0.05) is 24.8 Å². The molecule has 0 aliphatic carbocycles. The topological polar surface area (TPSA) is 42.2 Å². The molecule has 1 aliphatic rings. The van der Waals surface area contributed by atoms with Crippen LogP contribution in [0.5, 0.6) is 0 Å². The highest BCUT2D eigenvalue weighted by molar-refractivity contribution is 7.80. The van der Waals surface area contributed by atoms with E-state index >= 15 is 0 Å². The Morgan fingerprint density at radius 2 is 2.11 bits per heavy atom. The summed E-state index contributed by atoms with van der Waals surface area (Å²) >= 11 is 4.97. The Morgan fingerprint density at radius 1 is 1.44 bits per heavy atom. The molecule has 4 heteroatoms. The van der Waals surface area contributed by atoms with E-state index in [0.717, 1.165) is 12.2 Å². The molecule has 0 radical (unpaired) electrons. The Balaban J connectivity index is 2.12. The highest BCUT2D eigenvalue weighted by Gasteiger charge is 2.24. The average Bonchev–Trinajstić information content (AvgIpc) is 2.34. The van der Waals surface area contributed by atoms with Gasteiger partial charge in [-0.1, -0.05) is 18.6 Å². The molecular weight excluding hydrogens is 242 g/mol. The lowest BCUT2D eigenvalue weighted by atomic mass is 9.97. The zero-order valence-corrected chi connectivity index (χ0v) is 11.9. The number of rotatable bonds is 3. The van der Waals surface area contributed by atoms with Crippen LogP contribution in [0, 0.1) is 0 Å². The molecule has 1 aromatic heterocycles. The summed E-state index contributed by atoms with van der Waals surface area (Å²) in [5.74, 6) is 0. The van der Waals surface area contributed by atoms with Crippen LogP contribution in [0.1, 0.15) is 44.4 Å². The molecule has 0 aromatic carbocycles. The van der Waals surface area contributed by atoms with Crippen molar-refractivity contribution in [3.8, 4) is 0 Å². The molecule has 0 spiro atoms. The average molecular weight is 263 g/mol. The van der Waals surface area contributed by atoms with Crippen molar-refractivity contribution in [3.05, 3.63) is 29.6 Å². The number of hydrogen-bond acceptors (Lipinski definition) is 3. The third-order valence-electron chi connectivity index (χ3n) is 3.82. The van der Waals surface area contributed by atoms with E-state index in [1.165, 1.54) is 24.8 Å². The first-order valence-corrected chi connectivity index (χ1v) is 6.99. The Hall–Kier alpha value is -1.00. The van der Waals surface area contributed by atoms with Crippen molar-refractivity contribution in [2.45, 2.75) is 51.7 Å². The molecule has 2 atom stereocenters. The number of piperidine rings is 1. The molecule has 98 valence electrons. The van der Waals surface area contributed by atoms with Crippen molar-refractivity contribution < 1.29 is 0 Å². The standard InChI is InChI=1S/C14H21N3S/c1-10-4-3-5-11(2)17(10)9-12-6-7-16-13(8-12)14(15)18/h6-8,10-11H,3-5,9H2,1-2H3,(H2,15,18). The molecule has 3 nitrogen and oxygen atoms in total. The van der Waals surface area contributed by atoms with Crippen molar-refractivity contribution >= 4 is 17.2 Å². The van der Waals surface area contributed by atoms with Crippen LogP contribution in [0.2, 0.25) is 0 Å². The van der Waals surface area contributed by atoms with Gasteiger partial charge in [-0.3, -0.25) is 9.88 Å². The lowest BCUT2D eigenvalue weighted by Gasteiger charge is -2.39. The van der Waals surface area contributed by atoms with E-state index < -0.39 is 0 Å². The molecule has 2 rings (SSSR count). The third kappa shape index (κ3) is 3.06. The van der Waals surface area contributed by atoms with Crippen LogP contribution in [0.15, 0.2) is 18.3 Å². The molecule has 2 heterocycles. The van der Waals surface area contributed by atoms with Crippen molar-refractivity contribution in [1.82, 2.24) is 9.88 Å². The molecular formula is C14H21N3S. The fourth-order valence-corrected chi connectivity index (χ4v) is 2.82. The van der Waals surface area contributed by atoms with Crippen LogP contribution >= 0.6 is 12.2 Å². The minimum Gasteiger partial charge on any atom is -0.388 e. The van der Waals surface area contributed by atoms with E-state index in [1.807, 2.05) is 6.07 Å². The van der Waals surface area contributed by atoms with E-state index in [2.05, 4.69) is 29.8 Å². The zero-order chi connectivity index (χ0) is 13.1. The van der Waals surface area contributed by atoms with E-state index in [-0.39, 0.29) is 0 Å². The molecule has 18 heavy (non-hydrogen) atoms. The predicted octanol–water partition coefficient (Wildman–Crippen LogP) is 2.48. The predicted molar refractivity (Wildman–Crippen MR) is 78.4 cm³/mol. The van der Waals surface area contributed by atoms with Crippen LogP contribution in [0.4, 0.5) is 0 Å². The highest BCUT2D eigenvalue weighted by atomic mass is 32.1. The molecule has 0 amide bonds. The molecule has 0 bridgehead atoms. The van der Waals surface area contributed by atoms with Gasteiger partial charge in [-0.15, -0.1) is 0 Å². The van der Waals surface area contributed by atoms with E-state index in [1.54, 1.807) is 6.20 Å². The van der Waals surface area contributed by atoms with Crippen LogP contribution in [-0.4, -0.2) is 27.0 Å². The van der Waals surface area contributed by atoms with Crippen molar-refractivity contribution in [1.29, 1.82) is 0 Å². The maximum atomic E-state index is 5.63. The quantitative estimate of drug-likeness (QED) is 0.851. The molecule has 1 fully saturated rings. The van der Waals surface area contributed by atoms with Gasteiger partial charge >= 0.3 is 0 Å². The SMILES string of the molecule is CC1CCCC(C)N1Cc1ccnc(C(N)=S)c1. The summed E-state index contributed by atoms with van der Waals surface area (Å²) in [6.07, 6.45) is 5.71. The van der Waals surface area contributed by atoms with Gasteiger partial charge in [0.1, 0.15) is 4.99 Å². The Kier molecular flexibility index (Phi) is 4.30. The smallest absolute Gasteiger partial charge is 0.122 e. The van der Waals surface area contributed by atoms with Gasteiger partial charge in [0.05, 0.1) is 5.69 Å². The van der Waals surface area contributed by atoms with Crippen molar-refractivity contribution in [2.75, 3.05) is 0 Å². The molecule has 2 N–H and O–H groups in total. The third-order valence-corrected chi connectivity index (χ3v) is 4.03. The Bertz CT molecular complexity index is 423. The largest absolute Gasteiger partial charge is 0.388 e. The van der Waals surface area contributed by atoms with Gasteiger partial charge < -0.3 is 5.73 Å². The van der Waals surface area contributed by atoms with Crippen LogP contribution in [0.25, 0.3) is 0 Å². The highest BCUT2D eigenvalue weighted by Crippen LogP contribution is 2.24. The van der Waals surface area contributed by atoms with Crippen molar-refractivity contribution in [2.24, 2.45) is 5.73 Å². The number of nitrogens with two attached hydrogens (primary N) is 1. The first-order chi connectivity index (χ1) is 8.58. The number of pyridine rings is 1. The molecule has 2 unspecified atom stereocenters. The fourth-order valence-electron chi connectivity index (χ4n) is 2.70. The van der Waals surface area contributed by atoms with Gasteiger partial charge in [0.2, 0.25) is 0 Å².